The molecule has 0 saturated carbocycles. The first-order chi connectivity index (χ1) is 12.4. The molecule has 26 heavy (non-hydrogen) atoms. The summed E-state index contributed by atoms with van der Waals surface area (Å²) in [6.07, 6.45) is 3.21. The Kier molecular flexibility index (Phi) is 7.85. The second-order valence-corrected chi connectivity index (χ2v) is 5.58. The summed E-state index contributed by atoms with van der Waals surface area (Å²) in [5.74, 6) is -0.670. The molecular formula is C15H17F4N3O3S. The maximum absolute atomic E-state index is 12.5. The number of alkyl halides is 4. The Balaban J connectivity index is 1.92. The Morgan fingerprint density at radius 3 is 2.73 bits per heavy atom. The maximum Gasteiger partial charge on any atom is 0.387 e. The van der Waals surface area contributed by atoms with Crippen LogP contribution >= 0.6 is 12.2 Å². The molecular weight excluding hydrogens is 378 g/mol. The van der Waals surface area contributed by atoms with Crippen molar-refractivity contribution in [3.8, 4) is 11.5 Å². The minimum Gasteiger partial charge on any atom is -0.435 e. The fourth-order valence-electron chi connectivity index (χ4n) is 2.21. The second-order valence-electron chi connectivity index (χ2n) is 5.17. The van der Waals surface area contributed by atoms with E-state index in [2.05, 4.69) is 25.3 Å². The highest BCUT2D eigenvalue weighted by atomic mass is 32.1. The molecule has 1 saturated heterocycles. The van der Waals surface area contributed by atoms with Crippen molar-refractivity contribution in [2.24, 2.45) is 5.10 Å². The van der Waals surface area contributed by atoms with Crippen molar-refractivity contribution >= 4 is 23.5 Å². The second kappa shape index (κ2) is 10.1. The first-order valence-electron chi connectivity index (χ1n) is 7.66. The largest absolute Gasteiger partial charge is 0.435 e. The lowest BCUT2D eigenvalue weighted by molar-refractivity contribution is -0.0543. The third kappa shape index (κ3) is 7.00. The zero-order valence-corrected chi connectivity index (χ0v) is 14.3. The molecule has 2 N–H and O–H groups in total. The highest BCUT2D eigenvalue weighted by molar-refractivity contribution is 7.80. The SMILES string of the molecule is FC(F)Oc1ccc(/C=N\NC(=S)NC[C@H]2CCCO2)c(OC(F)F)c1. The van der Waals surface area contributed by atoms with E-state index in [1.54, 1.807) is 0 Å². The molecule has 0 spiro atoms. The lowest BCUT2D eigenvalue weighted by Gasteiger charge is -2.12. The molecule has 0 aromatic heterocycles. The van der Waals surface area contributed by atoms with Crippen molar-refractivity contribution in [1.29, 1.82) is 0 Å². The number of hydrogen-bond donors (Lipinski definition) is 2. The number of hydrazone groups is 1. The van der Waals surface area contributed by atoms with Crippen molar-refractivity contribution in [2.45, 2.75) is 32.2 Å². The van der Waals surface area contributed by atoms with Gasteiger partial charge in [0.05, 0.1) is 12.3 Å². The third-order valence-electron chi connectivity index (χ3n) is 3.31. The van der Waals surface area contributed by atoms with Crippen molar-refractivity contribution in [1.82, 2.24) is 10.7 Å². The molecule has 1 aliphatic rings. The Morgan fingerprint density at radius 2 is 2.08 bits per heavy atom. The average molecular weight is 395 g/mol. The molecule has 144 valence electrons. The Hall–Kier alpha value is -2.14. The number of rotatable bonds is 8. The number of nitrogens with one attached hydrogen (secondary N) is 2. The van der Waals surface area contributed by atoms with Gasteiger partial charge in [-0.05, 0) is 37.2 Å². The summed E-state index contributed by atoms with van der Waals surface area (Å²) >= 11 is 5.03. The van der Waals surface area contributed by atoms with Crippen LogP contribution in [0.3, 0.4) is 0 Å². The fourth-order valence-corrected chi connectivity index (χ4v) is 2.34. The molecule has 1 heterocycles. The van der Waals surface area contributed by atoms with E-state index in [0.29, 0.717) is 6.54 Å². The van der Waals surface area contributed by atoms with Gasteiger partial charge in [-0.1, -0.05) is 0 Å². The van der Waals surface area contributed by atoms with Crippen LogP contribution in [0.4, 0.5) is 17.6 Å². The van der Waals surface area contributed by atoms with E-state index in [9.17, 15) is 17.6 Å². The smallest absolute Gasteiger partial charge is 0.387 e. The van der Waals surface area contributed by atoms with Crippen LogP contribution in [0.5, 0.6) is 11.5 Å². The number of thiocarbonyl (C=S) groups is 1. The van der Waals surface area contributed by atoms with Crippen molar-refractivity contribution in [2.75, 3.05) is 13.2 Å². The number of halogens is 4. The number of nitrogens with zero attached hydrogens (tertiary/aromatic N) is 1. The minimum atomic E-state index is -3.13. The average Bonchev–Trinajstić information content (AvgIpc) is 3.07. The topological polar surface area (TPSA) is 64.1 Å². The van der Waals surface area contributed by atoms with E-state index in [1.165, 1.54) is 18.3 Å². The van der Waals surface area contributed by atoms with Crippen molar-refractivity contribution in [3.63, 3.8) is 0 Å². The van der Waals surface area contributed by atoms with Gasteiger partial charge < -0.3 is 19.5 Å². The van der Waals surface area contributed by atoms with Crippen molar-refractivity contribution in [3.05, 3.63) is 23.8 Å². The predicted molar refractivity (Wildman–Crippen MR) is 90.0 cm³/mol. The number of benzene rings is 1. The summed E-state index contributed by atoms with van der Waals surface area (Å²) in [6, 6.07) is 3.36. The molecule has 0 bridgehead atoms. The van der Waals surface area contributed by atoms with Gasteiger partial charge in [0.25, 0.3) is 0 Å². The van der Waals surface area contributed by atoms with Crippen LogP contribution < -0.4 is 20.2 Å². The standard InChI is InChI=1S/C15H17F4N3O3S/c16-13(17)24-10-4-3-9(12(6-10)25-14(18)19)7-21-22-15(26)20-8-11-2-1-5-23-11/h3-4,6-7,11,13-14H,1-2,5,8H2,(H2,20,22,26)/b21-7-/t11-/m1/s1. The molecule has 0 unspecified atom stereocenters. The molecule has 1 aliphatic heterocycles. The molecule has 1 fully saturated rings. The predicted octanol–water partition coefficient (Wildman–Crippen LogP) is 2.87. The molecule has 0 radical (unpaired) electrons. The lowest BCUT2D eigenvalue weighted by atomic mass is 10.2. The molecule has 2 rings (SSSR count). The molecule has 1 aromatic carbocycles. The van der Waals surface area contributed by atoms with Gasteiger partial charge in [0.1, 0.15) is 11.5 Å². The van der Waals surface area contributed by atoms with Crippen molar-refractivity contribution < 1.29 is 31.8 Å². The van der Waals surface area contributed by atoms with Gasteiger partial charge >= 0.3 is 13.2 Å². The van der Waals surface area contributed by atoms with Crippen LogP contribution in [0.2, 0.25) is 0 Å². The highest BCUT2D eigenvalue weighted by Crippen LogP contribution is 2.26. The minimum absolute atomic E-state index is 0.0900. The van der Waals surface area contributed by atoms with Gasteiger partial charge in [-0.15, -0.1) is 0 Å². The molecule has 11 heteroatoms. The zero-order chi connectivity index (χ0) is 18.9. The van der Waals surface area contributed by atoms with Crippen LogP contribution in [0.25, 0.3) is 0 Å². The zero-order valence-electron chi connectivity index (χ0n) is 13.5. The van der Waals surface area contributed by atoms with E-state index in [4.69, 9.17) is 17.0 Å². The Morgan fingerprint density at radius 1 is 1.31 bits per heavy atom. The van der Waals surface area contributed by atoms with Crippen LogP contribution in [-0.2, 0) is 4.74 Å². The van der Waals surface area contributed by atoms with Gasteiger partial charge in [0.15, 0.2) is 5.11 Å². The van der Waals surface area contributed by atoms with E-state index in [0.717, 1.165) is 25.5 Å². The number of ether oxygens (including phenoxy) is 3. The van der Waals surface area contributed by atoms with Gasteiger partial charge in [-0.2, -0.15) is 22.7 Å². The summed E-state index contributed by atoms with van der Waals surface area (Å²) < 4.78 is 63.3. The van der Waals surface area contributed by atoms with E-state index in [1.807, 2.05) is 0 Å². The summed E-state index contributed by atoms with van der Waals surface area (Å²) in [5.41, 5.74) is 2.65. The normalized spacial score (nSPS) is 17.1. The van der Waals surface area contributed by atoms with Crippen LogP contribution in [0.1, 0.15) is 18.4 Å². The monoisotopic (exact) mass is 395 g/mol. The fraction of sp³-hybridized carbons (Fsp3) is 0.467. The van der Waals surface area contributed by atoms with Gasteiger partial charge in [-0.25, -0.2) is 0 Å². The van der Waals surface area contributed by atoms with Gasteiger partial charge in [0, 0.05) is 24.8 Å². The first kappa shape index (κ1) is 20.2. The van der Waals surface area contributed by atoms with Crippen LogP contribution in [0.15, 0.2) is 23.3 Å². The van der Waals surface area contributed by atoms with E-state index >= 15 is 0 Å². The summed E-state index contributed by atoms with van der Waals surface area (Å²) in [5, 5.41) is 6.95. The van der Waals surface area contributed by atoms with Crippen LogP contribution in [0, 0.1) is 0 Å². The van der Waals surface area contributed by atoms with Crippen LogP contribution in [-0.4, -0.2) is 43.8 Å². The molecule has 0 amide bonds. The quantitative estimate of drug-likeness (QED) is 0.306. The van der Waals surface area contributed by atoms with Gasteiger partial charge in [-0.3, -0.25) is 5.43 Å². The third-order valence-corrected chi connectivity index (χ3v) is 3.55. The molecule has 0 aliphatic carbocycles. The summed E-state index contributed by atoms with van der Waals surface area (Å²) in [7, 11) is 0. The molecule has 1 aromatic rings. The maximum atomic E-state index is 12.5. The molecule has 6 nitrogen and oxygen atoms in total. The van der Waals surface area contributed by atoms with E-state index < -0.39 is 13.2 Å². The Bertz CT molecular complexity index is 628. The Labute approximate surface area is 152 Å². The molecule has 1 atom stereocenters. The summed E-state index contributed by atoms with van der Waals surface area (Å²) in [6.45, 7) is -4.96. The highest BCUT2D eigenvalue weighted by Gasteiger charge is 2.15. The first-order valence-corrected chi connectivity index (χ1v) is 8.07. The lowest BCUT2D eigenvalue weighted by Crippen LogP contribution is -2.37. The van der Waals surface area contributed by atoms with Gasteiger partial charge in [0.2, 0.25) is 0 Å². The number of hydrogen-bond acceptors (Lipinski definition) is 5. The summed E-state index contributed by atoms with van der Waals surface area (Å²) in [4.78, 5) is 0. The van der Waals surface area contributed by atoms with E-state index in [-0.39, 0.29) is 28.3 Å².